The summed E-state index contributed by atoms with van der Waals surface area (Å²) < 4.78 is 28.3. The molecule has 1 fully saturated rings. The lowest BCUT2D eigenvalue weighted by molar-refractivity contribution is -0.119. The third kappa shape index (κ3) is 3.70. The Bertz CT molecular complexity index is 1190. The maximum atomic E-state index is 13.4. The van der Waals surface area contributed by atoms with Gasteiger partial charge in [-0.15, -0.1) is 0 Å². The Balaban J connectivity index is 1.35. The van der Waals surface area contributed by atoms with Crippen LogP contribution >= 0.6 is 11.6 Å². The van der Waals surface area contributed by atoms with Crippen molar-refractivity contribution in [3.05, 3.63) is 58.1 Å². The van der Waals surface area contributed by atoms with Crippen molar-refractivity contribution in [1.29, 1.82) is 0 Å². The first-order chi connectivity index (χ1) is 15.3. The second-order valence-electron chi connectivity index (χ2n) is 8.45. The first-order valence-corrected chi connectivity index (χ1v) is 12.7. The molecule has 1 saturated heterocycles. The summed E-state index contributed by atoms with van der Waals surface area (Å²) in [5, 5.41) is 0.494. The Morgan fingerprint density at radius 3 is 2.34 bits per heavy atom. The Morgan fingerprint density at radius 1 is 0.906 bits per heavy atom. The molecule has 0 saturated carbocycles. The summed E-state index contributed by atoms with van der Waals surface area (Å²) in [6.07, 6.45) is 2.60. The summed E-state index contributed by atoms with van der Waals surface area (Å²) in [4.78, 5) is 28.8. The van der Waals surface area contributed by atoms with Crippen LogP contribution in [0.4, 0.5) is 5.69 Å². The molecule has 0 bridgehead atoms. The van der Waals surface area contributed by atoms with Gasteiger partial charge in [0, 0.05) is 49.7 Å². The lowest BCUT2D eigenvalue weighted by atomic mass is 9.92. The fraction of sp³-hybridized carbons (Fsp3) is 0.391. The molecule has 0 atom stereocenters. The molecule has 7 nitrogen and oxygen atoms in total. The number of benzene rings is 2. The molecule has 2 amide bonds. The smallest absolute Gasteiger partial charge is 0.253 e. The van der Waals surface area contributed by atoms with Gasteiger partial charge in [0.15, 0.2) is 0 Å². The summed E-state index contributed by atoms with van der Waals surface area (Å²) in [7, 11) is -3.68. The average molecular weight is 474 g/mol. The van der Waals surface area contributed by atoms with Crippen molar-refractivity contribution in [2.45, 2.75) is 30.6 Å². The quantitative estimate of drug-likeness (QED) is 0.686. The fourth-order valence-corrected chi connectivity index (χ4v) is 6.57. The van der Waals surface area contributed by atoms with Crippen LogP contribution in [0.15, 0.2) is 41.3 Å². The van der Waals surface area contributed by atoms with E-state index in [1.54, 1.807) is 41.3 Å². The van der Waals surface area contributed by atoms with E-state index in [-0.39, 0.29) is 29.8 Å². The van der Waals surface area contributed by atoms with E-state index in [0.717, 1.165) is 29.7 Å². The standard InChI is InChI=1S/C23H24ClN3O4S/c24-19-5-1-3-18(13-19)23(29)25-9-11-26(12-10-25)32(30,31)20-14-16-4-2-8-27-21(28)7-6-17(15-20)22(16)27/h1,3,5,13-15H,2,4,6-12H2. The highest BCUT2D eigenvalue weighted by Gasteiger charge is 2.34. The van der Waals surface area contributed by atoms with Gasteiger partial charge in [-0.25, -0.2) is 8.42 Å². The van der Waals surface area contributed by atoms with Gasteiger partial charge in [-0.1, -0.05) is 17.7 Å². The van der Waals surface area contributed by atoms with Gasteiger partial charge in [-0.2, -0.15) is 4.31 Å². The third-order valence-corrected chi connectivity index (χ3v) is 8.60. The van der Waals surface area contributed by atoms with E-state index in [1.807, 2.05) is 4.90 Å². The molecule has 3 aliphatic rings. The third-order valence-electron chi connectivity index (χ3n) is 6.48. The van der Waals surface area contributed by atoms with Crippen molar-refractivity contribution in [3.63, 3.8) is 0 Å². The van der Waals surface area contributed by atoms with E-state index in [1.165, 1.54) is 4.31 Å². The van der Waals surface area contributed by atoms with Crippen LogP contribution in [0.1, 0.15) is 34.3 Å². The number of aryl methyl sites for hydroxylation is 2. The minimum Gasteiger partial charge on any atom is -0.336 e. The molecule has 0 aromatic heterocycles. The molecule has 0 unspecified atom stereocenters. The molecule has 3 heterocycles. The number of carbonyl (C=O) groups is 2. The minimum absolute atomic E-state index is 0.120. The van der Waals surface area contributed by atoms with Crippen LogP contribution in [0.25, 0.3) is 0 Å². The molecule has 5 rings (SSSR count). The number of hydrogen-bond acceptors (Lipinski definition) is 4. The largest absolute Gasteiger partial charge is 0.336 e. The zero-order chi connectivity index (χ0) is 22.5. The number of anilines is 1. The van der Waals surface area contributed by atoms with Gasteiger partial charge in [-0.3, -0.25) is 9.59 Å². The van der Waals surface area contributed by atoms with Gasteiger partial charge in [0.05, 0.1) is 10.6 Å². The predicted octanol–water partition coefficient (Wildman–Crippen LogP) is 2.71. The highest BCUT2D eigenvalue weighted by atomic mass is 35.5. The zero-order valence-electron chi connectivity index (χ0n) is 17.6. The Morgan fingerprint density at radius 2 is 1.62 bits per heavy atom. The van der Waals surface area contributed by atoms with Crippen LogP contribution in [0.3, 0.4) is 0 Å². The van der Waals surface area contributed by atoms with Crippen LogP contribution in [-0.2, 0) is 27.7 Å². The van der Waals surface area contributed by atoms with Crippen molar-refractivity contribution >= 4 is 39.1 Å². The summed E-state index contributed by atoms with van der Waals surface area (Å²) in [5.74, 6) is -0.0259. The van der Waals surface area contributed by atoms with Crippen LogP contribution < -0.4 is 4.90 Å². The molecule has 2 aromatic rings. The lowest BCUT2D eigenvalue weighted by Gasteiger charge is -2.37. The van der Waals surface area contributed by atoms with Gasteiger partial charge in [0.1, 0.15) is 0 Å². The highest BCUT2D eigenvalue weighted by Crippen LogP contribution is 2.38. The van der Waals surface area contributed by atoms with E-state index in [0.29, 0.717) is 43.1 Å². The normalized spacial score (nSPS) is 19.1. The summed E-state index contributed by atoms with van der Waals surface area (Å²) in [6, 6.07) is 10.3. The second-order valence-corrected chi connectivity index (χ2v) is 10.8. The zero-order valence-corrected chi connectivity index (χ0v) is 19.2. The SMILES string of the molecule is O=C(c1cccc(Cl)c1)N1CCN(S(=O)(=O)c2cc3c4c(c2)CCC(=O)N4CCC3)CC1. The number of sulfonamides is 1. The van der Waals surface area contributed by atoms with Crippen LogP contribution in [0.2, 0.25) is 5.02 Å². The molecular formula is C23H24ClN3O4S. The minimum atomic E-state index is -3.68. The Labute approximate surface area is 192 Å². The average Bonchev–Trinajstić information content (AvgIpc) is 2.81. The van der Waals surface area contributed by atoms with Crippen LogP contribution in [0, 0.1) is 0 Å². The molecule has 2 aromatic carbocycles. The summed E-state index contributed by atoms with van der Waals surface area (Å²) in [5.41, 5.74) is 3.30. The Kier molecular flexibility index (Phi) is 5.47. The predicted molar refractivity (Wildman–Crippen MR) is 122 cm³/mol. The van der Waals surface area contributed by atoms with Gasteiger partial charge < -0.3 is 9.80 Å². The monoisotopic (exact) mass is 473 g/mol. The number of hydrogen-bond donors (Lipinski definition) is 0. The van der Waals surface area contributed by atoms with Gasteiger partial charge in [0.2, 0.25) is 15.9 Å². The number of piperazine rings is 1. The fourth-order valence-electron chi connectivity index (χ4n) is 4.85. The molecular weight excluding hydrogens is 450 g/mol. The number of carbonyl (C=O) groups excluding carboxylic acids is 2. The molecule has 9 heteroatoms. The van der Waals surface area contributed by atoms with Crippen molar-refractivity contribution in [1.82, 2.24) is 9.21 Å². The lowest BCUT2D eigenvalue weighted by Crippen LogP contribution is -2.50. The van der Waals surface area contributed by atoms with E-state index in [9.17, 15) is 18.0 Å². The van der Waals surface area contributed by atoms with Crippen molar-refractivity contribution in [2.24, 2.45) is 0 Å². The second kappa shape index (κ2) is 8.17. The van der Waals surface area contributed by atoms with Gasteiger partial charge in [-0.05, 0) is 60.7 Å². The maximum absolute atomic E-state index is 13.4. The van der Waals surface area contributed by atoms with Gasteiger partial charge >= 0.3 is 0 Å². The topological polar surface area (TPSA) is 78.0 Å². The summed E-state index contributed by atoms with van der Waals surface area (Å²) >= 11 is 6.00. The number of amides is 2. The molecule has 32 heavy (non-hydrogen) atoms. The van der Waals surface area contributed by atoms with Gasteiger partial charge in [0.25, 0.3) is 5.91 Å². The Hall–Kier alpha value is -2.42. The number of nitrogens with zero attached hydrogens (tertiary/aromatic N) is 3. The molecule has 168 valence electrons. The number of rotatable bonds is 3. The van der Waals surface area contributed by atoms with E-state index in [4.69, 9.17) is 11.6 Å². The van der Waals surface area contributed by atoms with Crippen molar-refractivity contribution < 1.29 is 18.0 Å². The van der Waals surface area contributed by atoms with Crippen LogP contribution in [-0.4, -0.2) is 62.2 Å². The van der Waals surface area contributed by atoms with Crippen LogP contribution in [0.5, 0.6) is 0 Å². The summed E-state index contributed by atoms with van der Waals surface area (Å²) in [6.45, 7) is 1.83. The van der Waals surface area contributed by atoms with E-state index < -0.39 is 10.0 Å². The first kappa shape index (κ1) is 21.4. The molecule has 0 N–H and O–H groups in total. The molecule has 3 aliphatic heterocycles. The highest BCUT2D eigenvalue weighted by molar-refractivity contribution is 7.89. The van der Waals surface area contributed by atoms with E-state index >= 15 is 0 Å². The molecule has 0 spiro atoms. The molecule has 0 aliphatic carbocycles. The van der Waals surface area contributed by atoms with Crippen molar-refractivity contribution in [2.75, 3.05) is 37.6 Å². The van der Waals surface area contributed by atoms with Crippen molar-refractivity contribution in [3.8, 4) is 0 Å². The first-order valence-electron chi connectivity index (χ1n) is 10.9. The number of halogens is 1. The van der Waals surface area contributed by atoms with E-state index in [2.05, 4.69) is 0 Å². The maximum Gasteiger partial charge on any atom is 0.253 e. The molecule has 0 radical (unpaired) electrons.